The number of carbonyl (C=O) groups is 2. The lowest BCUT2D eigenvalue weighted by Gasteiger charge is -2.21. The van der Waals surface area contributed by atoms with Crippen molar-refractivity contribution in [2.75, 3.05) is 6.61 Å². The van der Waals surface area contributed by atoms with E-state index in [4.69, 9.17) is 9.84 Å². The van der Waals surface area contributed by atoms with Crippen molar-refractivity contribution in [1.29, 1.82) is 0 Å². The fourth-order valence-corrected chi connectivity index (χ4v) is 1.71. The lowest BCUT2D eigenvalue weighted by molar-refractivity contribution is -0.145. The van der Waals surface area contributed by atoms with Gasteiger partial charge in [0, 0.05) is 6.61 Å². The molecule has 5 nitrogen and oxygen atoms in total. The third kappa shape index (κ3) is 3.20. The van der Waals surface area contributed by atoms with Gasteiger partial charge >= 0.3 is 5.97 Å². The van der Waals surface area contributed by atoms with Crippen molar-refractivity contribution in [3.05, 3.63) is 0 Å². The zero-order valence-corrected chi connectivity index (χ0v) is 9.73. The Bertz CT molecular complexity index is 261. The number of hydrogen-bond acceptors (Lipinski definition) is 3. The summed E-state index contributed by atoms with van der Waals surface area (Å²) in [7, 11) is 0. The summed E-state index contributed by atoms with van der Waals surface area (Å²) in [6.45, 7) is 4.30. The molecule has 1 heterocycles. The molecular formula is C11H19NO4. The van der Waals surface area contributed by atoms with Crippen LogP contribution in [0.2, 0.25) is 0 Å². The number of ether oxygens (including phenoxy) is 1. The molecule has 0 aromatic heterocycles. The van der Waals surface area contributed by atoms with E-state index in [1.807, 2.05) is 13.8 Å². The van der Waals surface area contributed by atoms with Crippen LogP contribution in [0.1, 0.15) is 33.1 Å². The second kappa shape index (κ2) is 5.84. The zero-order valence-electron chi connectivity index (χ0n) is 9.73. The Labute approximate surface area is 95.2 Å². The van der Waals surface area contributed by atoms with Crippen LogP contribution in [0, 0.1) is 5.92 Å². The van der Waals surface area contributed by atoms with Crippen LogP contribution in [0.5, 0.6) is 0 Å². The molecule has 1 fully saturated rings. The highest BCUT2D eigenvalue weighted by Gasteiger charge is 2.30. The van der Waals surface area contributed by atoms with Crippen molar-refractivity contribution < 1.29 is 19.4 Å². The van der Waals surface area contributed by atoms with Gasteiger partial charge in [-0.05, 0) is 18.8 Å². The van der Waals surface area contributed by atoms with E-state index in [1.165, 1.54) is 0 Å². The van der Waals surface area contributed by atoms with Gasteiger partial charge in [0.1, 0.15) is 12.1 Å². The molecule has 0 unspecified atom stereocenters. The number of carboxylic acids is 1. The van der Waals surface area contributed by atoms with Crippen LogP contribution < -0.4 is 5.32 Å². The van der Waals surface area contributed by atoms with E-state index in [0.717, 1.165) is 6.42 Å². The quantitative estimate of drug-likeness (QED) is 0.730. The SMILES string of the molecule is CC[C@@H](C)[C@H](NC(=O)[C@@H]1CCCO1)C(=O)O. The molecule has 0 bridgehead atoms. The van der Waals surface area contributed by atoms with Gasteiger partial charge < -0.3 is 15.2 Å². The summed E-state index contributed by atoms with van der Waals surface area (Å²) in [5, 5.41) is 11.6. The highest BCUT2D eigenvalue weighted by atomic mass is 16.5. The Kier molecular flexibility index (Phi) is 4.73. The molecule has 1 aliphatic rings. The number of hydrogen-bond donors (Lipinski definition) is 2. The molecule has 92 valence electrons. The first kappa shape index (κ1) is 13.0. The van der Waals surface area contributed by atoms with E-state index in [1.54, 1.807) is 0 Å². The summed E-state index contributed by atoms with van der Waals surface area (Å²) < 4.78 is 5.20. The lowest BCUT2D eigenvalue weighted by Crippen LogP contribution is -2.48. The first-order valence-corrected chi connectivity index (χ1v) is 5.71. The van der Waals surface area contributed by atoms with Crippen LogP contribution in [-0.2, 0) is 14.3 Å². The molecule has 3 atom stereocenters. The van der Waals surface area contributed by atoms with Gasteiger partial charge in [-0.15, -0.1) is 0 Å². The Balaban J connectivity index is 2.53. The molecule has 0 spiro atoms. The number of nitrogens with one attached hydrogen (secondary N) is 1. The van der Waals surface area contributed by atoms with Crippen LogP contribution >= 0.6 is 0 Å². The molecule has 1 saturated heterocycles. The van der Waals surface area contributed by atoms with Crippen molar-refractivity contribution in [2.45, 2.75) is 45.3 Å². The maximum atomic E-state index is 11.7. The molecule has 0 radical (unpaired) electrons. The van der Waals surface area contributed by atoms with Crippen molar-refractivity contribution in [1.82, 2.24) is 5.32 Å². The van der Waals surface area contributed by atoms with Crippen LogP contribution in [0.15, 0.2) is 0 Å². The Morgan fingerprint density at radius 2 is 2.25 bits per heavy atom. The first-order valence-electron chi connectivity index (χ1n) is 5.71. The molecule has 0 aromatic rings. The molecule has 0 saturated carbocycles. The molecule has 16 heavy (non-hydrogen) atoms. The zero-order chi connectivity index (χ0) is 12.1. The standard InChI is InChI=1S/C11H19NO4/c1-3-7(2)9(11(14)15)12-10(13)8-5-4-6-16-8/h7-9H,3-6H2,1-2H3,(H,12,13)(H,14,15)/t7-,8+,9+/m1/s1. The van der Waals surface area contributed by atoms with Gasteiger partial charge in [0.15, 0.2) is 0 Å². The van der Waals surface area contributed by atoms with Gasteiger partial charge in [0.2, 0.25) is 5.91 Å². The summed E-state index contributed by atoms with van der Waals surface area (Å²) in [5.74, 6) is -1.37. The lowest BCUT2D eigenvalue weighted by atomic mass is 9.99. The molecule has 0 aliphatic carbocycles. The predicted molar refractivity (Wildman–Crippen MR) is 58.0 cm³/mol. The van der Waals surface area contributed by atoms with Gasteiger partial charge in [-0.1, -0.05) is 20.3 Å². The third-order valence-corrected chi connectivity index (χ3v) is 3.00. The van der Waals surface area contributed by atoms with E-state index in [0.29, 0.717) is 19.4 Å². The van der Waals surface area contributed by atoms with Gasteiger partial charge in [0.05, 0.1) is 0 Å². The van der Waals surface area contributed by atoms with Crippen LogP contribution in [-0.4, -0.2) is 35.7 Å². The number of carboxylic acid groups (broad SMARTS) is 1. The molecule has 1 amide bonds. The summed E-state index contributed by atoms with van der Waals surface area (Å²) in [4.78, 5) is 22.7. The summed E-state index contributed by atoms with van der Waals surface area (Å²) >= 11 is 0. The Hall–Kier alpha value is -1.10. The topological polar surface area (TPSA) is 75.6 Å². The molecule has 0 aromatic carbocycles. The molecule has 1 aliphatic heterocycles. The number of rotatable bonds is 5. The Morgan fingerprint density at radius 1 is 1.56 bits per heavy atom. The van der Waals surface area contributed by atoms with E-state index in [9.17, 15) is 9.59 Å². The van der Waals surface area contributed by atoms with Crippen LogP contribution in [0.4, 0.5) is 0 Å². The van der Waals surface area contributed by atoms with Crippen LogP contribution in [0.25, 0.3) is 0 Å². The van der Waals surface area contributed by atoms with Gasteiger partial charge in [0.25, 0.3) is 0 Å². The minimum atomic E-state index is -0.985. The maximum Gasteiger partial charge on any atom is 0.326 e. The van der Waals surface area contributed by atoms with Gasteiger partial charge in [-0.25, -0.2) is 4.79 Å². The second-order valence-corrected chi connectivity index (χ2v) is 4.21. The summed E-state index contributed by atoms with van der Waals surface area (Å²) in [5.41, 5.74) is 0. The number of carbonyl (C=O) groups excluding carboxylic acids is 1. The summed E-state index contributed by atoms with van der Waals surface area (Å²) in [6, 6.07) is -0.818. The van der Waals surface area contributed by atoms with Crippen molar-refractivity contribution in [3.63, 3.8) is 0 Å². The first-order chi connectivity index (χ1) is 7.56. The van der Waals surface area contributed by atoms with Crippen molar-refractivity contribution in [2.24, 2.45) is 5.92 Å². The molecule has 5 heteroatoms. The number of aliphatic carboxylic acids is 1. The normalized spacial score (nSPS) is 23.8. The van der Waals surface area contributed by atoms with E-state index in [2.05, 4.69) is 5.32 Å². The van der Waals surface area contributed by atoms with E-state index < -0.39 is 18.1 Å². The van der Waals surface area contributed by atoms with Crippen molar-refractivity contribution >= 4 is 11.9 Å². The van der Waals surface area contributed by atoms with Gasteiger partial charge in [-0.2, -0.15) is 0 Å². The molecule has 2 N–H and O–H groups in total. The van der Waals surface area contributed by atoms with Crippen LogP contribution in [0.3, 0.4) is 0 Å². The monoisotopic (exact) mass is 229 g/mol. The fourth-order valence-electron chi connectivity index (χ4n) is 1.71. The van der Waals surface area contributed by atoms with E-state index >= 15 is 0 Å². The molecule has 1 rings (SSSR count). The minimum Gasteiger partial charge on any atom is -0.480 e. The van der Waals surface area contributed by atoms with Gasteiger partial charge in [-0.3, -0.25) is 4.79 Å². The predicted octanol–water partition coefficient (Wildman–Crippen LogP) is 0.781. The Morgan fingerprint density at radius 3 is 2.69 bits per heavy atom. The maximum absolute atomic E-state index is 11.7. The third-order valence-electron chi connectivity index (χ3n) is 3.00. The highest BCUT2D eigenvalue weighted by Crippen LogP contribution is 2.14. The number of amides is 1. The molecular weight excluding hydrogens is 210 g/mol. The smallest absolute Gasteiger partial charge is 0.326 e. The van der Waals surface area contributed by atoms with E-state index in [-0.39, 0.29) is 11.8 Å². The average molecular weight is 229 g/mol. The minimum absolute atomic E-state index is 0.0807. The second-order valence-electron chi connectivity index (χ2n) is 4.21. The highest BCUT2D eigenvalue weighted by molar-refractivity contribution is 5.86. The summed E-state index contributed by atoms with van der Waals surface area (Å²) in [6.07, 6.45) is 1.78. The van der Waals surface area contributed by atoms with Crippen molar-refractivity contribution in [3.8, 4) is 0 Å². The average Bonchev–Trinajstić information content (AvgIpc) is 2.77. The fraction of sp³-hybridized carbons (Fsp3) is 0.818. The largest absolute Gasteiger partial charge is 0.480 e.